The van der Waals surface area contributed by atoms with Gasteiger partial charge in [0.05, 0.1) is 18.8 Å². The molecule has 4 unspecified atom stereocenters. The number of amides is 1. The van der Waals surface area contributed by atoms with E-state index in [9.17, 15) is 25.2 Å². The predicted octanol–water partition coefficient (Wildman–Crippen LogP) is 13.9. The summed E-state index contributed by atoms with van der Waals surface area (Å²) in [4.78, 5) is 12.5. The van der Waals surface area contributed by atoms with E-state index in [1.54, 1.807) is 0 Å². The van der Waals surface area contributed by atoms with Gasteiger partial charge in [-0.3, -0.25) is 4.79 Å². The third-order valence-electron chi connectivity index (χ3n) is 11.9. The van der Waals surface area contributed by atoms with E-state index in [-0.39, 0.29) is 0 Å². The molecule has 1 amide bonds. The monoisotopic (exact) mass is 806 g/mol. The molecule has 0 saturated carbocycles. The summed E-state index contributed by atoms with van der Waals surface area (Å²) in [6.07, 6.45) is 53.6. The summed E-state index contributed by atoms with van der Waals surface area (Å²) in [7, 11) is 0. The van der Waals surface area contributed by atoms with Crippen molar-refractivity contribution >= 4 is 5.91 Å². The quantitative estimate of drug-likeness (QED) is 0.0311. The molecule has 6 heteroatoms. The van der Waals surface area contributed by atoms with Gasteiger partial charge in [-0.25, -0.2) is 0 Å². The molecule has 4 atom stereocenters. The Bertz CT molecular complexity index is 863. The zero-order valence-electron chi connectivity index (χ0n) is 38.1. The second-order valence-electron chi connectivity index (χ2n) is 17.5. The fourth-order valence-corrected chi connectivity index (χ4v) is 7.93. The van der Waals surface area contributed by atoms with Crippen LogP contribution in [0.3, 0.4) is 0 Å². The van der Waals surface area contributed by atoms with Gasteiger partial charge in [0.2, 0.25) is 5.91 Å². The Morgan fingerprint density at radius 1 is 0.439 bits per heavy atom. The van der Waals surface area contributed by atoms with E-state index in [1.165, 1.54) is 193 Å². The first-order valence-corrected chi connectivity index (χ1v) is 25.2. The third kappa shape index (κ3) is 40.0. The maximum Gasteiger partial charge on any atom is 0.249 e. The summed E-state index contributed by atoms with van der Waals surface area (Å²) in [6, 6.07) is -0.986. The van der Waals surface area contributed by atoms with E-state index in [2.05, 4.69) is 43.5 Å². The number of unbranched alkanes of at least 4 members (excludes halogenated alkanes) is 34. The fraction of sp³-hybridized carbons (Fsp3) is 0.902. The van der Waals surface area contributed by atoms with Crippen LogP contribution >= 0.6 is 0 Å². The Kier molecular flexibility index (Phi) is 44.9. The minimum Gasteiger partial charge on any atom is -0.394 e. The molecule has 0 saturated heterocycles. The van der Waals surface area contributed by atoms with Gasteiger partial charge in [0.25, 0.3) is 0 Å². The van der Waals surface area contributed by atoms with Gasteiger partial charge in [0.1, 0.15) is 12.2 Å². The van der Waals surface area contributed by atoms with Crippen LogP contribution in [0.4, 0.5) is 0 Å². The van der Waals surface area contributed by atoms with Crippen LogP contribution < -0.4 is 5.32 Å². The number of carbonyl (C=O) groups is 1. The average Bonchev–Trinajstić information content (AvgIpc) is 3.22. The lowest BCUT2D eigenvalue weighted by molar-refractivity contribution is -0.132. The number of rotatable bonds is 46. The highest BCUT2D eigenvalue weighted by Gasteiger charge is 2.28. The first-order chi connectivity index (χ1) is 28.0. The Morgan fingerprint density at radius 3 is 1.11 bits per heavy atom. The maximum atomic E-state index is 12.5. The summed E-state index contributed by atoms with van der Waals surface area (Å²) in [6.45, 7) is 4.04. The maximum absolute atomic E-state index is 12.5. The van der Waals surface area contributed by atoms with Gasteiger partial charge >= 0.3 is 0 Å². The van der Waals surface area contributed by atoms with E-state index in [1.807, 2.05) is 0 Å². The van der Waals surface area contributed by atoms with Crippen molar-refractivity contribution in [3.8, 4) is 0 Å². The van der Waals surface area contributed by atoms with Crippen LogP contribution in [-0.2, 0) is 4.79 Å². The first-order valence-electron chi connectivity index (χ1n) is 25.2. The van der Waals surface area contributed by atoms with Crippen molar-refractivity contribution in [2.75, 3.05) is 6.61 Å². The molecule has 0 rings (SSSR count). The molecule has 0 aromatic rings. The molecular weight excluding hydrogens is 707 g/mol. The average molecular weight is 806 g/mol. The normalized spacial score (nSPS) is 14.1. The summed E-state index contributed by atoms with van der Waals surface area (Å²) < 4.78 is 0. The molecule has 0 aromatic heterocycles. The first kappa shape index (κ1) is 55.8. The molecule has 0 spiro atoms. The topological polar surface area (TPSA) is 110 Å². The van der Waals surface area contributed by atoms with Gasteiger partial charge in [-0.15, -0.1) is 0 Å². The highest BCUT2D eigenvalue weighted by molar-refractivity contribution is 5.80. The standard InChI is InChI=1S/C51H99NO5/c1-3-5-7-9-11-13-15-17-19-21-23-24-25-26-27-29-30-32-34-36-38-40-42-44-48(54)50(56)47(46-53)52-51(57)49(55)45-43-41-39-37-35-33-31-28-22-20-18-16-14-12-10-8-6-4-2/h12,14,16,18,47-50,53-56H,3-11,13,15,17,19-46H2,1-2H3,(H,52,57)/b14-12-,18-16-. The van der Waals surface area contributed by atoms with E-state index in [4.69, 9.17) is 0 Å². The fourth-order valence-electron chi connectivity index (χ4n) is 7.93. The zero-order chi connectivity index (χ0) is 41.7. The van der Waals surface area contributed by atoms with Gasteiger partial charge in [0.15, 0.2) is 0 Å². The number of hydrogen-bond donors (Lipinski definition) is 5. The third-order valence-corrected chi connectivity index (χ3v) is 11.9. The lowest BCUT2D eigenvalue weighted by Crippen LogP contribution is -2.53. The second kappa shape index (κ2) is 45.9. The Morgan fingerprint density at radius 2 is 0.737 bits per heavy atom. The minimum atomic E-state index is -1.26. The minimum absolute atomic E-state index is 0.365. The van der Waals surface area contributed by atoms with Crippen molar-refractivity contribution in [2.45, 2.75) is 289 Å². The number of aliphatic hydroxyl groups excluding tert-OH is 4. The molecule has 0 radical (unpaired) electrons. The molecule has 0 aliphatic heterocycles. The van der Waals surface area contributed by atoms with E-state index in [0.29, 0.717) is 12.8 Å². The van der Waals surface area contributed by atoms with Crippen molar-refractivity contribution in [3.63, 3.8) is 0 Å². The van der Waals surface area contributed by atoms with E-state index < -0.39 is 36.9 Å². The van der Waals surface area contributed by atoms with Crippen molar-refractivity contribution in [3.05, 3.63) is 24.3 Å². The van der Waals surface area contributed by atoms with Crippen LogP contribution in [0, 0.1) is 0 Å². The molecule has 57 heavy (non-hydrogen) atoms. The molecule has 0 aromatic carbocycles. The molecule has 0 bridgehead atoms. The van der Waals surface area contributed by atoms with Crippen molar-refractivity contribution < 1.29 is 25.2 Å². The van der Waals surface area contributed by atoms with Gasteiger partial charge < -0.3 is 25.7 Å². The van der Waals surface area contributed by atoms with Crippen molar-refractivity contribution in [1.82, 2.24) is 5.32 Å². The number of carbonyl (C=O) groups excluding carboxylic acids is 1. The molecule has 0 aliphatic carbocycles. The van der Waals surface area contributed by atoms with Crippen molar-refractivity contribution in [2.24, 2.45) is 0 Å². The molecule has 0 fully saturated rings. The van der Waals surface area contributed by atoms with Crippen LogP contribution in [0.5, 0.6) is 0 Å². The van der Waals surface area contributed by atoms with Gasteiger partial charge in [-0.1, -0.05) is 250 Å². The Labute approximate surface area is 354 Å². The zero-order valence-corrected chi connectivity index (χ0v) is 38.1. The number of aliphatic hydroxyl groups is 4. The van der Waals surface area contributed by atoms with E-state index >= 15 is 0 Å². The summed E-state index contributed by atoms with van der Waals surface area (Å²) in [5, 5.41) is 43.9. The highest BCUT2D eigenvalue weighted by Crippen LogP contribution is 2.17. The second-order valence-corrected chi connectivity index (χ2v) is 17.5. The summed E-state index contributed by atoms with van der Waals surface area (Å²) in [5.74, 6) is -0.585. The molecule has 6 nitrogen and oxygen atoms in total. The van der Waals surface area contributed by atoms with E-state index in [0.717, 1.165) is 44.9 Å². The molecular formula is C51H99NO5. The number of hydrogen-bond acceptors (Lipinski definition) is 5. The Hall–Kier alpha value is -1.21. The van der Waals surface area contributed by atoms with Crippen LogP contribution in [0.25, 0.3) is 0 Å². The molecule has 5 N–H and O–H groups in total. The van der Waals surface area contributed by atoms with Crippen molar-refractivity contribution in [1.29, 1.82) is 0 Å². The van der Waals surface area contributed by atoms with Gasteiger partial charge in [-0.2, -0.15) is 0 Å². The lowest BCUT2D eigenvalue weighted by atomic mass is 9.99. The molecule has 0 heterocycles. The van der Waals surface area contributed by atoms with Gasteiger partial charge in [0, 0.05) is 0 Å². The summed E-state index contributed by atoms with van der Waals surface area (Å²) in [5.41, 5.74) is 0. The number of allylic oxidation sites excluding steroid dienone is 4. The lowest BCUT2D eigenvalue weighted by Gasteiger charge is -2.27. The van der Waals surface area contributed by atoms with Crippen LogP contribution in [0.2, 0.25) is 0 Å². The molecule has 0 aliphatic rings. The largest absolute Gasteiger partial charge is 0.394 e. The Balaban J connectivity index is 3.66. The predicted molar refractivity (Wildman–Crippen MR) is 247 cm³/mol. The summed E-state index contributed by atoms with van der Waals surface area (Å²) >= 11 is 0. The van der Waals surface area contributed by atoms with Crippen LogP contribution in [0.15, 0.2) is 24.3 Å². The van der Waals surface area contributed by atoms with Crippen LogP contribution in [-0.4, -0.2) is 57.3 Å². The smallest absolute Gasteiger partial charge is 0.249 e. The van der Waals surface area contributed by atoms with Gasteiger partial charge in [-0.05, 0) is 38.5 Å². The number of nitrogens with one attached hydrogen (secondary N) is 1. The van der Waals surface area contributed by atoms with Crippen LogP contribution in [0.1, 0.15) is 264 Å². The highest BCUT2D eigenvalue weighted by atomic mass is 16.3. The SMILES string of the molecule is CCCCC/C=C\C=C/CCCCCCCCCCCC(O)C(=O)NC(CO)C(O)C(O)CCCCCCCCCCCCCCCCCCCCCCCCC. The molecule has 338 valence electrons.